The van der Waals surface area contributed by atoms with E-state index in [-0.39, 0.29) is 18.4 Å². The molecule has 25 heavy (non-hydrogen) atoms. The van der Waals surface area contributed by atoms with Crippen LogP contribution < -0.4 is 4.31 Å². The van der Waals surface area contributed by atoms with Crippen molar-refractivity contribution in [1.82, 2.24) is 9.80 Å². The topological polar surface area (TPSA) is 78.0 Å². The van der Waals surface area contributed by atoms with E-state index < -0.39 is 10.0 Å². The smallest absolute Gasteiger partial charge is 0.253 e. The fourth-order valence-electron chi connectivity index (χ4n) is 2.79. The number of likely N-dealkylation sites (tertiary alicyclic amines) is 1. The lowest BCUT2D eigenvalue weighted by Gasteiger charge is -2.30. The monoisotopic (exact) mass is 367 g/mol. The van der Waals surface area contributed by atoms with Crippen molar-refractivity contribution in [2.75, 3.05) is 44.3 Å². The number of amides is 2. The van der Waals surface area contributed by atoms with Crippen LogP contribution in [0.4, 0.5) is 5.69 Å². The van der Waals surface area contributed by atoms with Gasteiger partial charge in [0.2, 0.25) is 15.9 Å². The maximum absolute atomic E-state index is 12.5. The van der Waals surface area contributed by atoms with E-state index in [4.69, 9.17) is 0 Å². The Hall–Kier alpha value is -2.09. The van der Waals surface area contributed by atoms with Crippen LogP contribution in [0.2, 0.25) is 0 Å². The molecule has 1 aromatic rings. The molecule has 1 aliphatic rings. The second-order valence-electron chi connectivity index (χ2n) is 6.46. The zero-order valence-corrected chi connectivity index (χ0v) is 15.8. The molecule has 7 nitrogen and oxygen atoms in total. The second kappa shape index (κ2) is 7.86. The molecule has 1 aliphatic heterocycles. The predicted octanol–water partition coefficient (Wildman–Crippen LogP) is 1.17. The Morgan fingerprint density at radius 1 is 1.04 bits per heavy atom. The van der Waals surface area contributed by atoms with Crippen LogP contribution >= 0.6 is 0 Å². The lowest BCUT2D eigenvalue weighted by atomic mass is 10.1. The van der Waals surface area contributed by atoms with Gasteiger partial charge in [0.1, 0.15) is 6.54 Å². The number of piperidine rings is 1. The molecule has 0 spiro atoms. The summed E-state index contributed by atoms with van der Waals surface area (Å²) >= 11 is 0. The van der Waals surface area contributed by atoms with Gasteiger partial charge in [-0.2, -0.15) is 0 Å². The van der Waals surface area contributed by atoms with Gasteiger partial charge in [0.25, 0.3) is 5.91 Å². The summed E-state index contributed by atoms with van der Waals surface area (Å²) in [6, 6.07) is 6.25. The summed E-state index contributed by atoms with van der Waals surface area (Å²) in [5.74, 6) is -0.361. The largest absolute Gasteiger partial charge is 0.345 e. The molecule has 2 amide bonds. The van der Waals surface area contributed by atoms with Crippen molar-refractivity contribution in [3.05, 3.63) is 29.8 Å². The number of benzene rings is 1. The third-order valence-corrected chi connectivity index (χ3v) is 5.34. The molecule has 1 heterocycles. The lowest BCUT2D eigenvalue weighted by Crippen LogP contribution is -2.44. The van der Waals surface area contributed by atoms with Crippen molar-refractivity contribution >= 4 is 27.5 Å². The number of carbonyl (C=O) groups is 2. The first-order valence-electron chi connectivity index (χ1n) is 8.27. The molecule has 0 saturated carbocycles. The number of hydrogen-bond acceptors (Lipinski definition) is 4. The van der Waals surface area contributed by atoms with Crippen LogP contribution in [-0.4, -0.2) is 70.0 Å². The summed E-state index contributed by atoms with van der Waals surface area (Å²) in [7, 11) is -0.312. The van der Waals surface area contributed by atoms with Crippen LogP contribution in [0, 0.1) is 0 Å². The highest BCUT2D eigenvalue weighted by Crippen LogP contribution is 2.20. The average molecular weight is 367 g/mol. The fraction of sp³-hybridized carbons (Fsp3) is 0.529. The van der Waals surface area contributed by atoms with Crippen LogP contribution in [0.25, 0.3) is 0 Å². The van der Waals surface area contributed by atoms with Crippen molar-refractivity contribution in [2.45, 2.75) is 19.3 Å². The van der Waals surface area contributed by atoms with E-state index in [1.807, 2.05) is 0 Å². The molecule has 2 rings (SSSR count). The van der Waals surface area contributed by atoms with Gasteiger partial charge >= 0.3 is 0 Å². The van der Waals surface area contributed by atoms with Crippen molar-refractivity contribution in [3.63, 3.8) is 0 Å². The molecule has 0 atom stereocenters. The molecule has 0 unspecified atom stereocenters. The average Bonchev–Trinajstić information content (AvgIpc) is 2.58. The van der Waals surface area contributed by atoms with E-state index in [0.717, 1.165) is 29.8 Å². The zero-order valence-electron chi connectivity index (χ0n) is 14.9. The third-order valence-electron chi connectivity index (χ3n) is 4.20. The maximum Gasteiger partial charge on any atom is 0.253 e. The van der Waals surface area contributed by atoms with Crippen LogP contribution in [0.3, 0.4) is 0 Å². The molecule has 0 radical (unpaired) electrons. The van der Waals surface area contributed by atoms with Gasteiger partial charge in [-0.05, 0) is 43.5 Å². The number of sulfonamides is 1. The number of carbonyl (C=O) groups excluding carboxylic acids is 2. The predicted molar refractivity (Wildman–Crippen MR) is 97.1 cm³/mol. The third kappa shape index (κ3) is 4.94. The molecule has 0 aromatic heterocycles. The standard InChI is InChI=1S/C17H25N3O4S/c1-18(2)17(22)14-7-9-15(10-8-14)20(25(3,23)24)13-16(21)19-11-5-4-6-12-19/h7-10H,4-6,11-13H2,1-3H3. The number of anilines is 1. The molecule has 8 heteroatoms. The zero-order chi connectivity index (χ0) is 18.6. The highest BCUT2D eigenvalue weighted by Gasteiger charge is 2.25. The van der Waals surface area contributed by atoms with Crippen molar-refractivity contribution in [2.24, 2.45) is 0 Å². The van der Waals surface area contributed by atoms with Crippen LogP contribution in [-0.2, 0) is 14.8 Å². The Bertz CT molecular complexity index is 723. The molecule has 1 fully saturated rings. The molecular weight excluding hydrogens is 342 g/mol. The highest BCUT2D eigenvalue weighted by atomic mass is 32.2. The summed E-state index contributed by atoms with van der Waals surface area (Å²) in [5.41, 5.74) is 0.840. The van der Waals surface area contributed by atoms with Gasteiger partial charge in [-0.15, -0.1) is 0 Å². The van der Waals surface area contributed by atoms with Gasteiger partial charge in [-0.25, -0.2) is 8.42 Å². The van der Waals surface area contributed by atoms with Crippen molar-refractivity contribution < 1.29 is 18.0 Å². The van der Waals surface area contributed by atoms with Gasteiger partial charge in [0.15, 0.2) is 0 Å². The molecule has 0 aliphatic carbocycles. The fourth-order valence-corrected chi connectivity index (χ4v) is 3.64. The summed E-state index contributed by atoms with van der Waals surface area (Å²) in [6.07, 6.45) is 4.08. The van der Waals surface area contributed by atoms with Crippen LogP contribution in [0.5, 0.6) is 0 Å². The first-order valence-corrected chi connectivity index (χ1v) is 10.1. The van der Waals surface area contributed by atoms with E-state index in [9.17, 15) is 18.0 Å². The van der Waals surface area contributed by atoms with Gasteiger partial charge in [-0.3, -0.25) is 13.9 Å². The molecular formula is C17H25N3O4S. The first kappa shape index (κ1) is 19.2. The number of hydrogen-bond donors (Lipinski definition) is 0. The van der Waals surface area contributed by atoms with Crippen LogP contribution in [0.1, 0.15) is 29.6 Å². The molecule has 138 valence electrons. The molecule has 0 N–H and O–H groups in total. The minimum absolute atomic E-state index is 0.165. The van der Waals surface area contributed by atoms with E-state index in [0.29, 0.717) is 24.3 Å². The second-order valence-corrected chi connectivity index (χ2v) is 8.36. The maximum atomic E-state index is 12.5. The Morgan fingerprint density at radius 2 is 1.60 bits per heavy atom. The SMILES string of the molecule is CN(C)C(=O)c1ccc(N(CC(=O)N2CCCCC2)S(C)(=O)=O)cc1. The van der Waals surface area contributed by atoms with Gasteiger partial charge < -0.3 is 9.80 Å². The Labute approximate surface area is 149 Å². The first-order chi connectivity index (χ1) is 11.7. The van der Waals surface area contributed by atoms with E-state index in [1.165, 1.54) is 4.90 Å². The number of rotatable bonds is 5. The molecule has 0 bridgehead atoms. The minimum atomic E-state index is -3.61. The molecule has 1 saturated heterocycles. The summed E-state index contributed by atoms with van der Waals surface area (Å²) in [4.78, 5) is 27.6. The normalized spacial score (nSPS) is 14.9. The van der Waals surface area contributed by atoms with Crippen LogP contribution in [0.15, 0.2) is 24.3 Å². The van der Waals surface area contributed by atoms with Gasteiger partial charge in [0.05, 0.1) is 11.9 Å². The highest BCUT2D eigenvalue weighted by molar-refractivity contribution is 7.92. The van der Waals surface area contributed by atoms with E-state index in [2.05, 4.69) is 0 Å². The summed E-state index contributed by atoms with van der Waals surface area (Å²) in [6.45, 7) is 1.12. The minimum Gasteiger partial charge on any atom is -0.345 e. The quantitative estimate of drug-likeness (QED) is 0.783. The van der Waals surface area contributed by atoms with Gasteiger partial charge in [0, 0.05) is 32.7 Å². The summed E-state index contributed by atoms with van der Waals surface area (Å²) in [5, 5.41) is 0. The van der Waals surface area contributed by atoms with E-state index in [1.54, 1.807) is 43.3 Å². The lowest BCUT2D eigenvalue weighted by molar-refractivity contribution is -0.130. The Morgan fingerprint density at radius 3 is 2.08 bits per heavy atom. The Balaban J connectivity index is 2.20. The van der Waals surface area contributed by atoms with Crippen molar-refractivity contribution in [1.29, 1.82) is 0 Å². The van der Waals surface area contributed by atoms with Gasteiger partial charge in [-0.1, -0.05) is 0 Å². The number of nitrogens with zero attached hydrogens (tertiary/aromatic N) is 3. The molecule has 1 aromatic carbocycles. The van der Waals surface area contributed by atoms with E-state index >= 15 is 0 Å². The Kier molecular flexibility index (Phi) is 6.05. The summed E-state index contributed by atoms with van der Waals surface area (Å²) < 4.78 is 25.4. The van der Waals surface area contributed by atoms with Crippen molar-refractivity contribution in [3.8, 4) is 0 Å².